The lowest BCUT2D eigenvalue weighted by atomic mass is 10.0. The Morgan fingerprint density at radius 2 is 2.12 bits per heavy atom. The summed E-state index contributed by atoms with van der Waals surface area (Å²) in [6, 6.07) is 4.66. The molecule has 3 aromatic rings. The Morgan fingerprint density at radius 1 is 1.28 bits per heavy atom. The molecule has 0 aliphatic carbocycles. The number of anilines is 1. The van der Waals surface area contributed by atoms with Gasteiger partial charge in [0.05, 0.1) is 31.9 Å². The van der Waals surface area contributed by atoms with Crippen LogP contribution in [0, 0.1) is 0 Å². The number of nitrogens with one attached hydrogen (secondary N) is 1. The summed E-state index contributed by atoms with van der Waals surface area (Å²) >= 11 is 0. The first kappa shape index (κ1) is 22.3. The molecular formula is C21H25F3N6O2. The smallest absolute Gasteiger partial charge is 0.393 e. The van der Waals surface area contributed by atoms with Crippen molar-refractivity contribution in [1.29, 1.82) is 0 Å². The number of imidazole rings is 1. The van der Waals surface area contributed by atoms with Crippen LogP contribution in [0.2, 0.25) is 0 Å². The second-order valence-electron chi connectivity index (χ2n) is 7.84. The van der Waals surface area contributed by atoms with Gasteiger partial charge in [0, 0.05) is 24.7 Å². The molecule has 0 spiro atoms. The summed E-state index contributed by atoms with van der Waals surface area (Å²) in [7, 11) is 1.41. The molecule has 0 saturated carbocycles. The highest BCUT2D eigenvalue weighted by molar-refractivity contribution is 5.79. The van der Waals surface area contributed by atoms with Crippen molar-refractivity contribution < 1.29 is 23.0 Å². The van der Waals surface area contributed by atoms with E-state index in [2.05, 4.69) is 25.4 Å². The Labute approximate surface area is 183 Å². The third kappa shape index (κ3) is 4.94. The third-order valence-corrected chi connectivity index (χ3v) is 5.57. The zero-order valence-corrected chi connectivity index (χ0v) is 17.6. The van der Waals surface area contributed by atoms with Crippen molar-refractivity contribution in [2.75, 3.05) is 38.7 Å². The molecule has 3 heterocycles. The van der Waals surface area contributed by atoms with Gasteiger partial charge in [-0.1, -0.05) is 0 Å². The van der Waals surface area contributed by atoms with E-state index in [0.717, 1.165) is 25.9 Å². The number of hydrogen-bond acceptors (Lipinski definition) is 7. The number of fused-ring (bicyclic) bond motifs is 1. The highest BCUT2D eigenvalue weighted by Crippen LogP contribution is 2.33. The van der Waals surface area contributed by atoms with Crippen molar-refractivity contribution in [3.63, 3.8) is 0 Å². The van der Waals surface area contributed by atoms with Crippen LogP contribution >= 0.6 is 0 Å². The van der Waals surface area contributed by atoms with E-state index in [4.69, 9.17) is 4.74 Å². The summed E-state index contributed by atoms with van der Waals surface area (Å²) < 4.78 is 46.5. The van der Waals surface area contributed by atoms with Gasteiger partial charge in [-0.15, -0.1) is 10.2 Å². The minimum absolute atomic E-state index is 0.0573. The number of piperidine rings is 1. The molecule has 8 nitrogen and oxygen atoms in total. The Kier molecular flexibility index (Phi) is 6.47. The summed E-state index contributed by atoms with van der Waals surface area (Å²) in [5.41, 5.74) is 1.26. The first-order valence-corrected chi connectivity index (χ1v) is 10.4. The van der Waals surface area contributed by atoms with Gasteiger partial charge in [0.2, 0.25) is 5.95 Å². The Hall–Kier alpha value is -2.92. The third-order valence-electron chi connectivity index (χ3n) is 5.57. The van der Waals surface area contributed by atoms with Gasteiger partial charge < -0.3 is 15.2 Å². The molecule has 172 valence electrons. The number of methoxy groups -OCH3 is 1. The van der Waals surface area contributed by atoms with E-state index in [0.29, 0.717) is 35.0 Å². The van der Waals surface area contributed by atoms with E-state index in [9.17, 15) is 18.3 Å². The van der Waals surface area contributed by atoms with Gasteiger partial charge in [0.25, 0.3) is 0 Å². The number of ether oxygens (including phenoxy) is 1. The molecule has 1 aromatic carbocycles. The number of halogens is 3. The van der Waals surface area contributed by atoms with E-state index in [1.54, 1.807) is 29.1 Å². The molecule has 0 bridgehead atoms. The fraction of sp³-hybridized carbons (Fsp3) is 0.476. The molecule has 1 atom stereocenters. The summed E-state index contributed by atoms with van der Waals surface area (Å²) in [6.07, 6.45) is -0.427. The summed E-state index contributed by atoms with van der Waals surface area (Å²) in [4.78, 5) is 6.35. The van der Waals surface area contributed by atoms with Gasteiger partial charge >= 0.3 is 6.18 Å². The van der Waals surface area contributed by atoms with Gasteiger partial charge in [0.1, 0.15) is 17.8 Å². The SMILES string of the molecule is COc1ccc(-c2nnc(N[C@@H]3CCCN(CCO)C3)n3cncc23)c(CC(F)(F)F)c1. The van der Waals surface area contributed by atoms with E-state index in [1.165, 1.54) is 13.2 Å². The van der Waals surface area contributed by atoms with Crippen molar-refractivity contribution in [2.24, 2.45) is 0 Å². The molecule has 11 heteroatoms. The maximum absolute atomic E-state index is 13.2. The standard InChI is InChI=1S/C21H25F3N6O2/c1-32-16-4-5-17(14(9-16)10-21(22,23)24)19-18-11-25-13-30(18)20(28-27-19)26-15-3-2-6-29(12-15)7-8-31/h4-5,9,11,13,15,31H,2-3,6-8,10,12H2,1H3,(H,26,28)/t15-/m1/s1. The molecular weight excluding hydrogens is 425 g/mol. The number of aliphatic hydroxyl groups is 1. The first-order chi connectivity index (χ1) is 15.4. The van der Waals surface area contributed by atoms with Crippen LogP contribution < -0.4 is 10.1 Å². The normalized spacial score (nSPS) is 17.6. The number of likely N-dealkylation sites (tertiary alicyclic amines) is 1. The fourth-order valence-corrected chi connectivity index (χ4v) is 4.12. The quantitative estimate of drug-likeness (QED) is 0.572. The second-order valence-corrected chi connectivity index (χ2v) is 7.84. The Bertz CT molecular complexity index is 1070. The van der Waals surface area contributed by atoms with Crippen molar-refractivity contribution >= 4 is 11.5 Å². The average Bonchev–Trinajstić information content (AvgIpc) is 3.24. The van der Waals surface area contributed by atoms with Crippen LogP contribution in [0.25, 0.3) is 16.8 Å². The lowest BCUT2D eigenvalue weighted by molar-refractivity contribution is -0.127. The molecule has 0 amide bonds. The number of hydrogen-bond donors (Lipinski definition) is 2. The summed E-state index contributed by atoms with van der Waals surface area (Å²) in [5.74, 6) is 0.816. The van der Waals surface area contributed by atoms with Gasteiger partial charge in [0.15, 0.2) is 0 Å². The molecule has 32 heavy (non-hydrogen) atoms. The predicted octanol–water partition coefficient (Wildman–Crippen LogP) is 2.77. The van der Waals surface area contributed by atoms with Crippen molar-refractivity contribution in [2.45, 2.75) is 31.5 Å². The summed E-state index contributed by atoms with van der Waals surface area (Å²) in [6.45, 7) is 2.41. The maximum Gasteiger partial charge on any atom is 0.393 e. The molecule has 4 rings (SSSR count). The Morgan fingerprint density at radius 3 is 2.88 bits per heavy atom. The number of benzene rings is 1. The van der Waals surface area contributed by atoms with E-state index < -0.39 is 12.6 Å². The van der Waals surface area contributed by atoms with Crippen molar-refractivity contribution in [3.8, 4) is 17.0 Å². The van der Waals surface area contributed by atoms with Crippen molar-refractivity contribution in [3.05, 3.63) is 36.3 Å². The fourth-order valence-electron chi connectivity index (χ4n) is 4.12. The first-order valence-electron chi connectivity index (χ1n) is 10.4. The number of rotatable bonds is 7. The van der Waals surface area contributed by atoms with Gasteiger partial charge in [-0.05, 0) is 43.1 Å². The predicted molar refractivity (Wildman–Crippen MR) is 113 cm³/mol. The molecule has 2 N–H and O–H groups in total. The van der Waals surface area contributed by atoms with Crippen LogP contribution in [-0.2, 0) is 6.42 Å². The average molecular weight is 450 g/mol. The van der Waals surface area contributed by atoms with Crippen LogP contribution in [0.15, 0.2) is 30.7 Å². The number of alkyl halides is 3. The van der Waals surface area contributed by atoms with Crippen LogP contribution in [-0.4, -0.2) is 75.2 Å². The molecule has 1 aliphatic heterocycles. The topological polar surface area (TPSA) is 87.8 Å². The van der Waals surface area contributed by atoms with Crippen LogP contribution in [0.3, 0.4) is 0 Å². The lowest BCUT2D eigenvalue weighted by Gasteiger charge is -2.32. The number of β-amino-alcohol motifs (C(OH)–C–C–N with tert-alkyl or cyclic N) is 1. The number of aromatic nitrogens is 4. The van der Waals surface area contributed by atoms with E-state index in [1.807, 2.05) is 0 Å². The maximum atomic E-state index is 13.2. The van der Waals surface area contributed by atoms with E-state index >= 15 is 0 Å². The van der Waals surface area contributed by atoms with Gasteiger partial charge in [-0.2, -0.15) is 13.2 Å². The van der Waals surface area contributed by atoms with E-state index in [-0.39, 0.29) is 18.2 Å². The Balaban J connectivity index is 1.67. The monoisotopic (exact) mass is 450 g/mol. The molecule has 1 fully saturated rings. The highest BCUT2D eigenvalue weighted by Gasteiger charge is 2.30. The lowest BCUT2D eigenvalue weighted by Crippen LogP contribution is -2.43. The minimum atomic E-state index is -4.38. The summed E-state index contributed by atoms with van der Waals surface area (Å²) in [5, 5.41) is 21.1. The number of aliphatic hydroxyl groups excluding tert-OH is 1. The van der Waals surface area contributed by atoms with Gasteiger partial charge in [-0.3, -0.25) is 9.30 Å². The number of nitrogens with zero attached hydrogens (tertiary/aromatic N) is 5. The van der Waals surface area contributed by atoms with Crippen molar-refractivity contribution in [1.82, 2.24) is 24.5 Å². The van der Waals surface area contributed by atoms with Crippen LogP contribution in [0.4, 0.5) is 19.1 Å². The highest BCUT2D eigenvalue weighted by atomic mass is 19.4. The van der Waals surface area contributed by atoms with Gasteiger partial charge in [-0.25, -0.2) is 4.98 Å². The molecule has 0 radical (unpaired) electrons. The minimum Gasteiger partial charge on any atom is -0.497 e. The second kappa shape index (κ2) is 9.29. The molecule has 1 saturated heterocycles. The molecule has 0 unspecified atom stereocenters. The molecule has 2 aromatic heterocycles. The zero-order valence-electron chi connectivity index (χ0n) is 17.6. The van der Waals surface area contributed by atoms with Crippen LogP contribution in [0.5, 0.6) is 5.75 Å². The zero-order chi connectivity index (χ0) is 22.7. The largest absolute Gasteiger partial charge is 0.497 e. The van der Waals surface area contributed by atoms with Crippen LogP contribution in [0.1, 0.15) is 18.4 Å². The molecule has 1 aliphatic rings.